The number of hydrazone groups is 1. The summed E-state index contributed by atoms with van der Waals surface area (Å²) in [6.45, 7) is 4.07. The van der Waals surface area contributed by atoms with Crippen LogP contribution in [0.3, 0.4) is 0 Å². The van der Waals surface area contributed by atoms with E-state index < -0.39 is 17.1 Å². The minimum Gasteiger partial charge on any atom is -0.497 e. The number of ether oxygens (including phenoxy) is 1. The lowest BCUT2D eigenvalue weighted by Crippen LogP contribution is -2.39. The zero-order chi connectivity index (χ0) is 24.1. The van der Waals surface area contributed by atoms with Gasteiger partial charge in [-0.05, 0) is 29.5 Å². The monoisotopic (exact) mass is 452 g/mol. The number of aromatic hydroxyl groups is 1. The van der Waals surface area contributed by atoms with E-state index >= 15 is 0 Å². The molecule has 33 heavy (non-hydrogen) atoms. The number of methoxy groups -OCH3 is 1. The molecule has 9 heteroatoms. The number of nitrogens with zero attached hydrogens (tertiary/aromatic N) is 4. The van der Waals surface area contributed by atoms with Crippen molar-refractivity contribution in [1.82, 2.24) is 14.1 Å². The standard InChI is InChI=1S/C24H28N4O5/c1-24(2)12-15(10-16(29)13-24)28-19(14-6-8-17(33-5)9-7-14)11-18(25-28)20-21(30)26(3)23(32)27(4)22(20)31/h6-10,19,30H,11-13H2,1-5H3/t19-/m1/s1. The average molecular weight is 453 g/mol. The molecular formula is C24H28N4O5. The molecule has 1 aromatic heterocycles. The molecule has 9 nitrogen and oxygen atoms in total. The molecule has 0 saturated heterocycles. The zero-order valence-electron chi connectivity index (χ0n) is 19.5. The lowest BCUT2D eigenvalue weighted by molar-refractivity contribution is -0.117. The molecule has 1 atom stereocenters. The third-order valence-electron chi connectivity index (χ3n) is 6.27. The molecule has 2 aliphatic rings. The number of hydrogen-bond donors (Lipinski definition) is 1. The lowest BCUT2D eigenvalue weighted by Gasteiger charge is -2.34. The van der Waals surface area contributed by atoms with E-state index in [-0.39, 0.29) is 22.8 Å². The maximum absolute atomic E-state index is 12.9. The largest absolute Gasteiger partial charge is 0.497 e. The van der Waals surface area contributed by atoms with Crippen molar-refractivity contribution in [2.45, 2.75) is 39.2 Å². The van der Waals surface area contributed by atoms with E-state index in [1.807, 2.05) is 38.1 Å². The molecule has 0 bridgehead atoms. The van der Waals surface area contributed by atoms with Gasteiger partial charge in [-0.2, -0.15) is 5.10 Å². The molecular weight excluding hydrogens is 424 g/mol. The summed E-state index contributed by atoms with van der Waals surface area (Å²) in [5.41, 5.74) is 0.577. The van der Waals surface area contributed by atoms with E-state index in [1.165, 1.54) is 14.1 Å². The highest BCUT2D eigenvalue weighted by Crippen LogP contribution is 2.42. The number of aromatic nitrogens is 2. The maximum atomic E-state index is 12.9. The number of carbonyl (C=O) groups excluding carboxylic acids is 1. The Labute approximate surface area is 191 Å². The Hall–Kier alpha value is -3.62. The van der Waals surface area contributed by atoms with Crippen LogP contribution in [0.4, 0.5) is 0 Å². The summed E-state index contributed by atoms with van der Waals surface area (Å²) < 4.78 is 7.25. The minimum absolute atomic E-state index is 0.0115. The van der Waals surface area contributed by atoms with Crippen LogP contribution < -0.4 is 16.0 Å². The maximum Gasteiger partial charge on any atom is 0.333 e. The van der Waals surface area contributed by atoms with Crippen molar-refractivity contribution in [3.05, 3.63) is 68.0 Å². The van der Waals surface area contributed by atoms with E-state index in [2.05, 4.69) is 0 Å². The van der Waals surface area contributed by atoms with E-state index in [4.69, 9.17) is 9.84 Å². The second kappa shape index (κ2) is 8.06. The second-order valence-corrected chi connectivity index (χ2v) is 9.41. The smallest absolute Gasteiger partial charge is 0.333 e. The van der Waals surface area contributed by atoms with Crippen LogP contribution >= 0.6 is 0 Å². The molecule has 2 aromatic rings. The van der Waals surface area contributed by atoms with Crippen molar-refractivity contribution in [1.29, 1.82) is 0 Å². The van der Waals surface area contributed by atoms with Crippen molar-refractivity contribution in [3.8, 4) is 11.6 Å². The Morgan fingerprint density at radius 3 is 2.33 bits per heavy atom. The Balaban J connectivity index is 1.86. The first kappa shape index (κ1) is 22.6. The Kier molecular flexibility index (Phi) is 5.51. The summed E-state index contributed by atoms with van der Waals surface area (Å²) in [5.74, 6) is 0.313. The van der Waals surface area contributed by atoms with Gasteiger partial charge in [-0.25, -0.2) is 4.79 Å². The molecule has 2 heterocycles. The van der Waals surface area contributed by atoms with E-state index in [0.29, 0.717) is 30.7 Å². The first-order valence-corrected chi connectivity index (χ1v) is 10.8. The summed E-state index contributed by atoms with van der Waals surface area (Å²) in [5, 5.41) is 17.2. The molecule has 1 aromatic carbocycles. The van der Waals surface area contributed by atoms with Crippen LogP contribution in [-0.4, -0.2) is 37.9 Å². The van der Waals surface area contributed by atoms with Gasteiger partial charge in [0.25, 0.3) is 5.56 Å². The summed E-state index contributed by atoms with van der Waals surface area (Å²) in [7, 11) is 4.36. The number of ketones is 1. The normalized spacial score (nSPS) is 20.0. The molecule has 0 fully saturated rings. The predicted octanol–water partition coefficient (Wildman–Crippen LogP) is 2.22. The molecule has 174 valence electrons. The summed E-state index contributed by atoms with van der Waals surface area (Å²) in [4.78, 5) is 37.6. The Morgan fingerprint density at radius 1 is 1.06 bits per heavy atom. The molecule has 0 unspecified atom stereocenters. The van der Waals surface area contributed by atoms with Gasteiger partial charge in [0.2, 0.25) is 5.88 Å². The summed E-state index contributed by atoms with van der Waals surface area (Å²) >= 11 is 0. The third kappa shape index (κ3) is 3.99. The van der Waals surface area contributed by atoms with Crippen molar-refractivity contribution in [3.63, 3.8) is 0 Å². The molecule has 0 amide bonds. The highest BCUT2D eigenvalue weighted by molar-refractivity contribution is 6.03. The Morgan fingerprint density at radius 2 is 1.73 bits per heavy atom. The molecule has 0 saturated carbocycles. The fourth-order valence-electron chi connectivity index (χ4n) is 4.56. The van der Waals surface area contributed by atoms with E-state index in [0.717, 1.165) is 20.4 Å². The first-order chi connectivity index (χ1) is 15.5. The zero-order valence-corrected chi connectivity index (χ0v) is 19.5. The quantitative estimate of drug-likeness (QED) is 0.763. The molecule has 0 spiro atoms. The Bertz CT molecular complexity index is 1300. The predicted molar refractivity (Wildman–Crippen MR) is 123 cm³/mol. The molecule has 1 aliphatic carbocycles. The van der Waals surface area contributed by atoms with Crippen LogP contribution in [0.1, 0.15) is 50.3 Å². The molecule has 1 N–H and O–H groups in total. The van der Waals surface area contributed by atoms with Crippen LogP contribution in [-0.2, 0) is 18.9 Å². The van der Waals surface area contributed by atoms with E-state index in [1.54, 1.807) is 18.2 Å². The van der Waals surface area contributed by atoms with Gasteiger partial charge in [-0.3, -0.25) is 23.7 Å². The summed E-state index contributed by atoms with van der Waals surface area (Å²) in [6, 6.07) is 7.24. The van der Waals surface area contributed by atoms with Crippen LogP contribution in [0.15, 0.2) is 50.7 Å². The van der Waals surface area contributed by atoms with Crippen molar-refractivity contribution in [2.75, 3.05) is 7.11 Å². The number of benzene rings is 1. The SMILES string of the molecule is COc1ccc([C@H]2CC(c3c(O)n(C)c(=O)n(C)c3=O)=NN2C2=CC(=O)CC(C)(C)C2)cc1. The minimum atomic E-state index is -0.620. The van der Waals surface area contributed by atoms with Gasteiger partial charge in [0.15, 0.2) is 5.78 Å². The number of hydrogen-bond acceptors (Lipinski definition) is 7. The van der Waals surface area contributed by atoms with Gasteiger partial charge in [0.05, 0.1) is 18.9 Å². The van der Waals surface area contributed by atoms with E-state index in [9.17, 15) is 19.5 Å². The highest BCUT2D eigenvalue weighted by atomic mass is 16.5. The highest BCUT2D eigenvalue weighted by Gasteiger charge is 2.38. The molecule has 4 rings (SSSR count). The fraction of sp³-hybridized carbons (Fsp3) is 0.417. The molecule has 1 aliphatic heterocycles. The average Bonchev–Trinajstić information content (AvgIpc) is 3.20. The van der Waals surface area contributed by atoms with Crippen LogP contribution in [0.5, 0.6) is 11.6 Å². The topological polar surface area (TPSA) is 106 Å². The number of rotatable bonds is 4. The number of allylic oxidation sites excluding steroid dienone is 2. The van der Waals surface area contributed by atoms with Gasteiger partial charge >= 0.3 is 5.69 Å². The van der Waals surface area contributed by atoms with Crippen molar-refractivity contribution >= 4 is 11.5 Å². The fourth-order valence-corrected chi connectivity index (χ4v) is 4.56. The van der Waals surface area contributed by atoms with Crippen molar-refractivity contribution < 1.29 is 14.6 Å². The lowest BCUT2D eigenvalue weighted by atomic mass is 9.78. The van der Waals surface area contributed by atoms with Gasteiger partial charge < -0.3 is 9.84 Å². The van der Waals surface area contributed by atoms with Gasteiger partial charge in [0, 0.05) is 38.7 Å². The number of carbonyl (C=O) groups is 1. The van der Waals surface area contributed by atoms with Gasteiger partial charge in [0.1, 0.15) is 11.3 Å². The summed E-state index contributed by atoms with van der Waals surface area (Å²) in [6.07, 6.45) is 3.03. The van der Waals surface area contributed by atoms with Crippen molar-refractivity contribution in [2.24, 2.45) is 24.6 Å². The molecule has 0 radical (unpaired) electrons. The third-order valence-corrected chi connectivity index (χ3v) is 6.27. The van der Waals surface area contributed by atoms with Crippen LogP contribution in [0.2, 0.25) is 0 Å². The first-order valence-electron chi connectivity index (χ1n) is 10.8. The second-order valence-electron chi connectivity index (χ2n) is 9.41. The van der Waals surface area contributed by atoms with Crippen LogP contribution in [0.25, 0.3) is 0 Å². The van der Waals surface area contributed by atoms with Crippen LogP contribution in [0, 0.1) is 5.41 Å². The van der Waals surface area contributed by atoms with Gasteiger partial charge in [-0.1, -0.05) is 26.0 Å². The van der Waals surface area contributed by atoms with Gasteiger partial charge in [-0.15, -0.1) is 0 Å².